The van der Waals surface area contributed by atoms with Crippen LogP contribution in [0.25, 0.3) is 0 Å². The average Bonchev–Trinajstić information content (AvgIpc) is 3.29. The van der Waals surface area contributed by atoms with Gasteiger partial charge in [-0.15, -0.1) is 5.10 Å². The smallest absolute Gasteiger partial charge is 0.408 e. The standard InChI is InChI=1S/C23H23F5N6O2/c1-35-18-9-15(7-8-29-18)33-10-13-5-6-14(11-33)20(13)30-21-31-22(34(32-21)12-23(26,27)28)36-17-4-2-3-16(24)19(17)25/h2-4,7-9,13-14,20H,5-6,10-12H2,1H3,(H,30,32)/t13-,14+,20-. The highest BCUT2D eigenvalue weighted by Gasteiger charge is 2.43. The molecule has 8 nitrogen and oxygen atoms in total. The fraction of sp³-hybridized carbons (Fsp3) is 0.435. The molecule has 1 N–H and O–H groups in total. The molecule has 2 fully saturated rings. The normalized spacial score (nSPS) is 21.5. The number of pyridine rings is 1. The van der Waals surface area contributed by atoms with Gasteiger partial charge in [0.1, 0.15) is 6.54 Å². The summed E-state index contributed by atoms with van der Waals surface area (Å²) in [6, 6.07) is 6.27. The SMILES string of the molecule is COc1cc(N2C[C@H]3CC[C@@H](C2)[C@@H]3Nc2nc(Oc3cccc(F)c3F)n(CC(F)(F)F)n2)ccn1. The van der Waals surface area contributed by atoms with Crippen LogP contribution in [0.15, 0.2) is 36.5 Å². The Bertz CT molecular complexity index is 1220. The Morgan fingerprint density at radius 2 is 1.86 bits per heavy atom. The van der Waals surface area contributed by atoms with Crippen LogP contribution in [0.3, 0.4) is 0 Å². The van der Waals surface area contributed by atoms with Gasteiger partial charge in [-0.05, 0) is 42.9 Å². The van der Waals surface area contributed by atoms with Gasteiger partial charge in [0, 0.05) is 37.1 Å². The minimum atomic E-state index is -4.63. The highest BCUT2D eigenvalue weighted by Crippen LogP contribution is 2.40. The monoisotopic (exact) mass is 510 g/mol. The molecule has 0 radical (unpaired) electrons. The molecule has 36 heavy (non-hydrogen) atoms. The number of alkyl halides is 3. The third-order valence-corrected chi connectivity index (χ3v) is 6.51. The zero-order chi connectivity index (χ0) is 25.4. The van der Waals surface area contributed by atoms with Crippen molar-refractivity contribution >= 4 is 11.6 Å². The Morgan fingerprint density at radius 3 is 2.56 bits per heavy atom. The van der Waals surface area contributed by atoms with E-state index in [9.17, 15) is 22.0 Å². The van der Waals surface area contributed by atoms with Crippen LogP contribution in [0.1, 0.15) is 12.8 Å². The van der Waals surface area contributed by atoms with Crippen molar-refractivity contribution in [3.8, 4) is 17.6 Å². The van der Waals surface area contributed by atoms with Gasteiger partial charge in [-0.3, -0.25) is 0 Å². The van der Waals surface area contributed by atoms with E-state index in [-0.39, 0.29) is 23.8 Å². The summed E-state index contributed by atoms with van der Waals surface area (Å²) >= 11 is 0. The van der Waals surface area contributed by atoms with Crippen LogP contribution in [0.5, 0.6) is 17.6 Å². The number of nitrogens with one attached hydrogen (secondary N) is 1. The van der Waals surface area contributed by atoms with Crippen LogP contribution in [-0.2, 0) is 6.54 Å². The Hall–Kier alpha value is -3.64. The van der Waals surface area contributed by atoms with Gasteiger partial charge in [-0.25, -0.2) is 14.1 Å². The fourth-order valence-electron chi connectivity index (χ4n) is 4.92. The molecule has 0 spiro atoms. The fourth-order valence-corrected chi connectivity index (χ4v) is 4.92. The molecular weight excluding hydrogens is 487 g/mol. The summed E-state index contributed by atoms with van der Waals surface area (Å²) in [5.74, 6) is -2.26. The summed E-state index contributed by atoms with van der Waals surface area (Å²) in [7, 11) is 1.55. The van der Waals surface area contributed by atoms with Gasteiger partial charge in [0.2, 0.25) is 17.6 Å². The number of fused-ring (bicyclic) bond motifs is 2. The number of hydrogen-bond acceptors (Lipinski definition) is 7. The lowest BCUT2D eigenvalue weighted by Crippen LogP contribution is -2.48. The van der Waals surface area contributed by atoms with Crippen molar-refractivity contribution in [3.63, 3.8) is 0 Å². The number of piperidine rings is 1. The van der Waals surface area contributed by atoms with Crippen LogP contribution < -0.4 is 19.7 Å². The molecule has 1 aromatic carbocycles. The predicted octanol–water partition coefficient (Wildman–Crippen LogP) is 4.64. The van der Waals surface area contributed by atoms with E-state index in [0.717, 1.165) is 43.8 Å². The van der Waals surface area contributed by atoms with Crippen LogP contribution in [0, 0.1) is 23.5 Å². The van der Waals surface area contributed by atoms with Gasteiger partial charge < -0.3 is 19.7 Å². The lowest BCUT2D eigenvalue weighted by atomic mass is 9.92. The van der Waals surface area contributed by atoms with Crippen LogP contribution >= 0.6 is 0 Å². The van der Waals surface area contributed by atoms with E-state index < -0.39 is 36.1 Å². The van der Waals surface area contributed by atoms with Gasteiger partial charge in [0.25, 0.3) is 0 Å². The lowest BCUT2D eigenvalue weighted by Gasteiger charge is -2.39. The molecule has 13 heteroatoms. The summed E-state index contributed by atoms with van der Waals surface area (Å²) in [6.07, 6.45) is -1.08. The molecule has 0 unspecified atom stereocenters. The Kier molecular flexibility index (Phi) is 6.31. The number of nitrogens with zero attached hydrogens (tertiary/aromatic N) is 5. The second kappa shape index (κ2) is 9.43. The maximum Gasteiger partial charge on any atom is 0.408 e. The Balaban J connectivity index is 1.35. The topological polar surface area (TPSA) is 77.3 Å². The molecule has 1 aliphatic carbocycles. The predicted molar refractivity (Wildman–Crippen MR) is 119 cm³/mol. The van der Waals surface area contributed by atoms with E-state index in [1.54, 1.807) is 13.3 Å². The number of halogens is 5. The van der Waals surface area contributed by atoms with E-state index in [1.165, 1.54) is 6.07 Å². The summed E-state index contributed by atoms with van der Waals surface area (Å²) < 4.78 is 78.0. The second-order valence-corrected chi connectivity index (χ2v) is 8.87. The van der Waals surface area contributed by atoms with Gasteiger partial charge in [0.05, 0.1) is 7.11 Å². The summed E-state index contributed by atoms with van der Waals surface area (Å²) in [4.78, 5) is 10.4. The van der Waals surface area contributed by atoms with Crippen molar-refractivity contribution in [1.29, 1.82) is 0 Å². The molecule has 3 aromatic rings. The number of ether oxygens (including phenoxy) is 2. The molecule has 1 saturated carbocycles. The number of hydrogen-bond donors (Lipinski definition) is 1. The van der Waals surface area contributed by atoms with Crippen LogP contribution in [-0.4, -0.2) is 52.2 Å². The molecule has 1 saturated heterocycles. The van der Waals surface area contributed by atoms with E-state index in [0.29, 0.717) is 10.6 Å². The van der Waals surface area contributed by atoms with Gasteiger partial charge >= 0.3 is 12.2 Å². The first-order valence-electron chi connectivity index (χ1n) is 11.3. The highest BCUT2D eigenvalue weighted by atomic mass is 19.4. The molecule has 2 aromatic heterocycles. The number of rotatable bonds is 7. The van der Waals surface area contributed by atoms with Gasteiger partial charge in [-0.2, -0.15) is 22.5 Å². The molecule has 3 atom stereocenters. The van der Waals surface area contributed by atoms with Crippen molar-refractivity contribution in [2.45, 2.75) is 31.6 Å². The Labute approximate surface area is 203 Å². The number of aromatic nitrogens is 4. The zero-order valence-electron chi connectivity index (χ0n) is 19.2. The maximum atomic E-state index is 14.1. The van der Waals surface area contributed by atoms with E-state index >= 15 is 0 Å². The molecular formula is C23H23F5N6O2. The highest BCUT2D eigenvalue weighted by molar-refractivity contribution is 5.49. The van der Waals surface area contributed by atoms with E-state index in [2.05, 4.69) is 25.3 Å². The average molecular weight is 510 g/mol. The van der Waals surface area contributed by atoms with Crippen molar-refractivity contribution in [1.82, 2.24) is 19.7 Å². The molecule has 2 bridgehead atoms. The maximum absolute atomic E-state index is 14.1. The minimum absolute atomic E-state index is 0.0630. The number of anilines is 2. The second-order valence-electron chi connectivity index (χ2n) is 8.87. The molecule has 192 valence electrons. The molecule has 0 amide bonds. The zero-order valence-corrected chi connectivity index (χ0v) is 19.2. The Morgan fingerprint density at radius 1 is 1.11 bits per heavy atom. The third-order valence-electron chi connectivity index (χ3n) is 6.51. The van der Waals surface area contributed by atoms with E-state index in [4.69, 9.17) is 9.47 Å². The number of benzene rings is 1. The summed E-state index contributed by atoms with van der Waals surface area (Å²) in [5, 5.41) is 7.10. The van der Waals surface area contributed by atoms with Crippen molar-refractivity contribution in [2.24, 2.45) is 11.8 Å². The molecule has 1 aliphatic heterocycles. The number of methoxy groups -OCH3 is 1. The van der Waals surface area contributed by atoms with Gasteiger partial charge in [0.15, 0.2) is 11.6 Å². The van der Waals surface area contributed by atoms with Crippen LogP contribution in [0.4, 0.5) is 33.6 Å². The van der Waals surface area contributed by atoms with Crippen molar-refractivity contribution in [2.75, 3.05) is 30.4 Å². The first kappa shape index (κ1) is 24.1. The minimum Gasteiger partial charge on any atom is -0.481 e. The van der Waals surface area contributed by atoms with Gasteiger partial charge in [-0.1, -0.05) is 6.07 Å². The van der Waals surface area contributed by atoms with E-state index in [1.807, 2.05) is 12.1 Å². The summed E-state index contributed by atoms with van der Waals surface area (Å²) in [6.45, 7) is -0.0476. The third kappa shape index (κ3) is 5.00. The summed E-state index contributed by atoms with van der Waals surface area (Å²) in [5.41, 5.74) is 0.984. The van der Waals surface area contributed by atoms with Crippen LogP contribution in [0.2, 0.25) is 0 Å². The van der Waals surface area contributed by atoms with Crippen molar-refractivity contribution < 1.29 is 31.4 Å². The molecule has 2 aliphatic rings. The largest absolute Gasteiger partial charge is 0.481 e. The quantitative estimate of drug-likeness (QED) is 0.464. The lowest BCUT2D eigenvalue weighted by molar-refractivity contribution is -0.143. The molecule has 3 heterocycles. The van der Waals surface area contributed by atoms with Crippen molar-refractivity contribution in [3.05, 3.63) is 48.2 Å². The first-order valence-corrected chi connectivity index (χ1v) is 11.3. The molecule has 5 rings (SSSR count). The first-order chi connectivity index (χ1) is 17.2.